The predicted molar refractivity (Wildman–Crippen MR) is 69.8 cm³/mol. The van der Waals surface area contributed by atoms with E-state index in [4.69, 9.17) is 5.73 Å². The van der Waals surface area contributed by atoms with Crippen molar-refractivity contribution in [2.75, 3.05) is 18.1 Å². The van der Waals surface area contributed by atoms with Gasteiger partial charge in [-0.15, -0.1) is 0 Å². The standard InChI is InChI=1S/C12H22N2O3S/c1-3-14(10-6-7-18(16,17)8-10)11(15)12(2,13)9-4-5-9/h9-10H,3-8,13H2,1-2H3. The molecule has 2 aliphatic rings. The van der Waals surface area contributed by atoms with Crippen LogP contribution in [0.1, 0.15) is 33.1 Å². The fourth-order valence-electron chi connectivity index (χ4n) is 2.76. The number of sulfone groups is 1. The molecular weight excluding hydrogens is 252 g/mol. The second kappa shape index (κ2) is 4.49. The Kier molecular flexibility index (Phi) is 3.44. The minimum Gasteiger partial charge on any atom is -0.337 e. The molecule has 18 heavy (non-hydrogen) atoms. The second-order valence-corrected chi connectivity index (χ2v) is 7.93. The summed E-state index contributed by atoms with van der Waals surface area (Å²) in [5.41, 5.74) is 5.31. The highest BCUT2D eigenvalue weighted by Crippen LogP contribution is 2.39. The third-order valence-corrected chi connectivity index (χ3v) is 5.89. The first-order valence-electron chi connectivity index (χ1n) is 6.58. The van der Waals surface area contributed by atoms with Crippen molar-refractivity contribution in [1.29, 1.82) is 0 Å². The molecule has 0 radical (unpaired) electrons. The zero-order chi connectivity index (χ0) is 13.6. The van der Waals surface area contributed by atoms with Gasteiger partial charge in [-0.2, -0.15) is 0 Å². The summed E-state index contributed by atoms with van der Waals surface area (Å²) in [6.45, 7) is 4.18. The number of nitrogens with two attached hydrogens (primary N) is 1. The molecule has 0 bridgehead atoms. The number of hydrogen-bond donors (Lipinski definition) is 1. The van der Waals surface area contributed by atoms with E-state index in [9.17, 15) is 13.2 Å². The third kappa shape index (κ3) is 2.54. The van der Waals surface area contributed by atoms with Crippen molar-refractivity contribution < 1.29 is 13.2 Å². The van der Waals surface area contributed by atoms with Crippen molar-refractivity contribution in [3.05, 3.63) is 0 Å². The summed E-state index contributed by atoms with van der Waals surface area (Å²) in [4.78, 5) is 14.2. The lowest BCUT2D eigenvalue weighted by Gasteiger charge is -2.34. The van der Waals surface area contributed by atoms with Gasteiger partial charge in [0, 0.05) is 12.6 Å². The molecule has 0 aromatic carbocycles. The van der Waals surface area contributed by atoms with Gasteiger partial charge in [0.2, 0.25) is 5.91 Å². The Morgan fingerprint density at radius 1 is 1.39 bits per heavy atom. The normalized spacial score (nSPS) is 29.8. The molecule has 5 nitrogen and oxygen atoms in total. The number of nitrogens with zero attached hydrogens (tertiary/aromatic N) is 1. The summed E-state index contributed by atoms with van der Waals surface area (Å²) in [5.74, 6) is 0.450. The maximum atomic E-state index is 12.5. The molecule has 0 spiro atoms. The third-order valence-electron chi connectivity index (χ3n) is 4.14. The number of carbonyl (C=O) groups is 1. The lowest BCUT2D eigenvalue weighted by atomic mass is 9.94. The van der Waals surface area contributed by atoms with E-state index in [1.54, 1.807) is 11.8 Å². The maximum Gasteiger partial charge on any atom is 0.242 e. The summed E-state index contributed by atoms with van der Waals surface area (Å²) < 4.78 is 23.0. The first-order chi connectivity index (χ1) is 8.28. The van der Waals surface area contributed by atoms with E-state index in [1.165, 1.54) is 0 Å². The number of likely N-dealkylation sites (N-methyl/N-ethyl adjacent to an activating group) is 1. The van der Waals surface area contributed by atoms with Crippen LogP contribution in [0.15, 0.2) is 0 Å². The first kappa shape index (κ1) is 13.8. The molecule has 1 saturated heterocycles. The topological polar surface area (TPSA) is 80.5 Å². The van der Waals surface area contributed by atoms with E-state index < -0.39 is 15.4 Å². The van der Waals surface area contributed by atoms with Gasteiger partial charge in [0.1, 0.15) is 0 Å². The highest BCUT2D eigenvalue weighted by molar-refractivity contribution is 7.91. The van der Waals surface area contributed by atoms with Crippen molar-refractivity contribution in [2.24, 2.45) is 11.7 Å². The van der Waals surface area contributed by atoms with E-state index in [0.717, 1.165) is 12.8 Å². The van der Waals surface area contributed by atoms with Crippen molar-refractivity contribution in [1.82, 2.24) is 4.90 Å². The average Bonchev–Trinajstić information content (AvgIpc) is 3.06. The Bertz CT molecular complexity index is 440. The van der Waals surface area contributed by atoms with Gasteiger partial charge in [-0.25, -0.2) is 8.42 Å². The molecule has 104 valence electrons. The molecule has 2 unspecified atom stereocenters. The zero-order valence-corrected chi connectivity index (χ0v) is 11.9. The van der Waals surface area contributed by atoms with E-state index in [-0.39, 0.29) is 29.4 Å². The van der Waals surface area contributed by atoms with E-state index in [2.05, 4.69) is 0 Å². The first-order valence-corrected chi connectivity index (χ1v) is 8.40. The van der Waals surface area contributed by atoms with Crippen molar-refractivity contribution in [3.8, 4) is 0 Å². The molecule has 2 atom stereocenters. The summed E-state index contributed by atoms with van der Waals surface area (Å²) in [7, 11) is -2.97. The van der Waals surface area contributed by atoms with Crippen molar-refractivity contribution >= 4 is 15.7 Å². The second-order valence-electron chi connectivity index (χ2n) is 5.70. The van der Waals surface area contributed by atoms with E-state index in [1.807, 2.05) is 6.92 Å². The number of rotatable bonds is 4. The molecule has 2 N–H and O–H groups in total. The summed E-state index contributed by atoms with van der Waals surface area (Å²) in [6, 6.07) is -0.186. The molecule has 0 aromatic rings. The van der Waals surface area contributed by atoms with Crippen LogP contribution >= 0.6 is 0 Å². The number of carbonyl (C=O) groups excluding carboxylic acids is 1. The van der Waals surface area contributed by atoms with Gasteiger partial charge in [-0.3, -0.25) is 4.79 Å². The molecule has 6 heteroatoms. The summed E-state index contributed by atoms with van der Waals surface area (Å²) >= 11 is 0. The minimum atomic E-state index is -2.97. The molecule has 1 aliphatic heterocycles. The number of amides is 1. The summed E-state index contributed by atoms with van der Waals surface area (Å²) in [6.07, 6.45) is 2.54. The van der Waals surface area contributed by atoms with Crippen LogP contribution in [-0.2, 0) is 14.6 Å². The van der Waals surface area contributed by atoms with Gasteiger partial charge in [-0.05, 0) is 39.0 Å². The minimum absolute atomic E-state index is 0.0883. The fourth-order valence-corrected chi connectivity index (χ4v) is 4.49. The lowest BCUT2D eigenvalue weighted by Crippen LogP contribution is -2.57. The van der Waals surface area contributed by atoms with Gasteiger partial charge in [0.15, 0.2) is 9.84 Å². The largest absolute Gasteiger partial charge is 0.337 e. The molecule has 1 heterocycles. The van der Waals surface area contributed by atoms with Crippen LogP contribution in [0.25, 0.3) is 0 Å². The monoisotopic (exact) mass is 274 g/mol. The molecular formula is C12H22N2O3S. The van der Waals surface area contributed by atoms with Crippen molar-refractivity contribution in [2.45, 2.75) is 44.7 Å². The van der Waals surface area contributed by atoms with Crippen LogP contribution in [0.3, 0.4) is 0 Å². The van der Waals surface area contributed by atoms with E-state index in [0.29, 0.717) is 13.0 Å². The predicted octanol–water partition coefficient (Wildman–Crippen LogP) is 0.149. The van der Waals surface area contributed by atoms with Crippen LogP contribution in [0.5, 0.6) is 0 Å². The Morgan fingerprint density at radius 2 is 2.00 bits per heavy atom. The van der Waals surface area contributed by atoms with Crippen LogP contribution < -0.4 is 5.73 Å². The van der Waals surface area contributed by atoms with Gasteiger partial charge in [-0.1, -0.05) is 0 Å². The van der Waals surface area contributed by atoms with Crippen LogP contribution in [-0.4, -0.2) is 48.9 Å². The highest BCUT2D eigenvalue weighted by atomic mass is 32.2. The fraction of sp³-hybridized carbons (Fsp3) is 0.917. The summed E-state index contributed by atoms with van der Waals surface area (Å²) in [5, 5.41) is 0. The smallest absolute Gasteiger partial charge is 0.242 e. The molecule has 1 aliphatic carbocycles. The molecule has 1 amide bonds. The molecule has 1 saturated carbocycles. The quantitative estimate of drug-likeness (QED) is 0.791. The SMILES string of the molecule is CCN(C(=O)C(C)(N)C1CC1)C1CCS(=O)(=O)C1. The highest BCUT2D eigenvalue weighted by Gasteiger charge is 2.47. The lowest BCUT2D eigenvalue weighted by molar-refractivity contribution is -0.138. The van der Waals surface area contributed by atoms with Crippen LogP contribution in [0, 0.1) is 5.92 Å². The Balaban J connectivity index is 2.11. The van der Waals surface area contributed by atoms with Gasteiger partial charge < -0.3 is 10.6 Å². The van der Waals surface area contributed by atoms with Crippen LogP contribution in [0.4, 0.5) is 0 Å². The van der Waals surface area contributed by atoms with Crippen LogP contribution in [0.2, 0.25) is 0 Å². The number of hydrogen-bond acceptors (Lipinski definition) is 4. The maximum absolute atomic E-state index is 12.5. The van der Waals surface area contributed by atoms with Crippen molar-refractivity contribution in [3.63, 3.8) is 0 Å². The Hall–Kier alpha value is -0.620. The zero-order valence-electron chi connectivity index (χ0n) is 11.1. The van der Waals surface area contributed by atoms with E-state index >= 15 is 0 Å². The molecule has 2 fully saturated rings. The van der Waals surface area contributed by atoms with Gasteiger partial charge in [0.05, 0.1) is 17.0 Å². The molecule has 0 aromatic heterocycles. The Morgan fingerprint density at radius 3 is 2.39 bits per heavy atom. The molecule has 2 rings (SSSR count). The van der Waals surface area contributed by atoms with Gasteiger partial charge >= 0.3 is 0 Å². The van der Waals surface area contributed by atoms with Gasteiger partial charge in [0.25, 0.3) is 0 Å². The Labute approximate surface area is 109 Å². The average molecular weight is 274 g/mol.